The summed E-state index contributed by atoms with van der Waals surface area (Å²) in [7, 11) is 0. The molecule has 1 aliphatic heterocycles. The summed E-state index contributed by atoms with van der Waals surface area (Å²) in [5.74, 6) is -0.0311. The molecule has 1 atom stereocenters. The third-order valence-electron chi connectivity index (χ3n) is 4.73. The predicted molar refractivity (Wildman–Crippen MR) is 105 cm³/mol. The van der Waals surface area contributed by atoms with Gasteiger partial charge in [-0.2, -0.15) is 0 Å². The Balaban J connectivity index is 1.60. The molecule has 0 aliphatic carbocycles. The van der Waals surface area contributed by atoms with Crippen molar-refractivity contribution in [2.45, 2.75) is 26.3 Å². The van der Waals surface area contributed by atoms with Gasteiger partial charge in [0.1, 0.15) is 0 Å². The zero-order valence-corrected chi connectivity index (χ0v) is 15.6. The Morgan fingerprint density at radius 2 is 1.96 bits per heavy atom. The van der Waals surface area contributed by atoms with E-state index < -0.39 is 0 Å². The van der Waals surface area contributed by atoms with Crippen molar-refractivity contribution >= 4 is 29.0 Å². The molecule has 1 saturated heterocycles. The molecule has 0 unspecified atom stereocenters. The number of amides is 1. The first-order valence-corrected chi connectivity index (χ1v) is 9.28. The van der Waals surface area contributed by atoms with Gasteiger partial charge in [-0.3, -0.25) is 14.5 Å². The van der Waals surface area contributed by atoms with Crippen LogP contribution in [-0.2, 0) is 11.3 Å². The van der Waals surface area contributed by atoms with Crippen molar-refractivity contribution in [1.82, 2.24) is 4.90 Å². The van der Waals surface area contributed by atoms with E-state index in [1.807, 2.05) is 30.3 Å². The number of hydrogen-bond acceptors (Lipinski definition) is 3. The molecule has 1 amide bonds. The van der Waals surface area contributed by atoms with Gasteiger partial charge in [0, 0.05) is 29.4 Å². The molecule has 2 aromatic carbocycles. The minimum Gasteiger partial charge on any atom is -0.326 e. The third-order valence-corrected chi connectivity index (χ3v) is 4.98. The molecule has 1 N–H and O–H groups in total. The van der Waals surface area contributed by atoms with Gasteiger partial charge in [0.25, 0.3) is 0 Å². The van der Waals surface area contributed by atoms with Crippen LogP contribution in [0.3, 0.4) is 0 Å². The standard InChI is InChI=1S/C21H23ClN2O2/c1-15(25)17-4-2-6-20(12-17)23-21(26)18-5-3-11-24(14-18)13-16-7-9-19(22)10-8-16/h2,4,6-10,12,18H,3,5,11,13-14H2,1H3,(H,23,26)/t18-/m1/s1. The Bertz CT molecular complexity index is 789. The number of ketones is 1. The summed E-state index contributed by atoms with van der Waals surface area (Å²) in [5, 5.41) is 3.70. The third kappa shape index (κ3) is 4.93. The van der Waals surface area contributed by atoms with Crippen LogP contribution in [0.2, 0.25) is 5.02 Å². The predicted octanol–water partition coefficient (Wildman–Crippen LogP) is 4.39. The van der Waals surface area contributed by atoms with Crippen LogP contribution in [0.4, 0.5) is 5.69 Å². The summed E-state index contributed by atoms with van der Waals surface area (Å²) in [4.78, 5) is 26.5. The molecule has 2 aromatic rings. The molecular weight excluding hydrogens is 348 g/mol. The van der Waals surface area contributed by atoms with E-state index in [9.17, 15) is 9.59 Å². The van der Waals surface area contributed by atoms with Crippen LogP contribution < -0.4 is 5.32 Å². The number of piperidine rings is 1. The largest absolute Gasteiger partial charge is 0.326 e. The maximum atomic E-state index is 12.7. The lowest BCUT2D eigenvalue weighted by molar-refractivity contribution is -0.121. The first-order chi connectivity index (χ1) is 12.5. The van der Waals surface area contributed by atoms with Gasteiger partial charge in [0.2, 0.25) is 5.91 Å². The number of likely N-dealkylation sites (tertiary alicyclic amines) is 1. The number of nitrogens with one attached hydrogen (secondary N) is 1. The second kappa shape index (κ2) is 8.47. The molecule has 1 aliphatic rings. The lowest BCUT2D eigenvalue weighted by atomic mass is 9.96. The van der Waals surface area contributed by atoms with Gasteiger partial charge in [0.15, 0.2) is 5.78 Å². The average molecular weight is 371 g/mol. The number of rotatable bonds is 5. The number of halogens is 1. The molecule has 0 bridgehead atoms. The van der Waals surface area contributed by atoms with Crippen molar-refractivity contribution in [3.63, 3.8) is 0 Å². The minimum absolute atomic E-state index is 0.00657. The van der Waals surface area contributed by atoms with E-state index >= 15 is 0 Å². The van der Waals surface area contributed by atoms with Gasteiger partial charge in [-0.25, -0.2) is 0 Å². The molecule has 136 valence electrons. The van der Waals surface area contributed by atoms with Crippen molar-refractivity contribution in [3.05, 3.63) is 64.7 Å². The van der Waals surface area contributed by atoms with Crippen molar-refractivity contribution in [1.29, 1.82) is 0 Å². The summed E-state index contributed by atoms with van der Waals surface area (Å²) in [6.45, 7) is 4.07. The first-order valence-electron chi connectivity index (χ1n) is 8.90. The van der Waals surface area contributed by atoms with E-state index in [1.165, 1.54) is 12.5 Å². The maximum absolute atomic E-state index is 12.7. The number of hydrogen-bond donors (Lipinski definition) is 1. The van der Waals surface area contributed by atoms with Crippen LogP contribution >= 0.6 is 11.6 Å². The van der Waals surface area contributed by atoms with Crippen LogP contribution in [0.15, 0.2) is 48.5 Å². The molecular formula is C21H23ClN2O2. The molecule has 0 spiro atoms. The summed E-state index contributed by atoms with van der Waals surface area (Å²) < 4.78 is 0. The molecule has 0 aromatic heterocycles. The monoisotopic (exact) mass is 370 g/mol. The molecule has 4 nitrogen and oxygen atoms in total. The van der Waals surface area contributed by atoms with Gasteiger partial charge in [-0.1, -0.05) is 35.9 Å². The molecule has 0 radical (unpaired) electrons. The number of anilines is 1. The fourth-order valence-electron chi connectivity index (χ4n) is 3.32. The fourth-order valence-corrected chi connectivity index (χ4v) is 3.45. The SMILES string of the molecule is CC(=O)c1cccc(NC(=O)[C@@H]2CCCN(Cc3ccc(Cl)cc3)C2)c1. The quantitative estimate of drug-likeness (QED) is 0.794. The zero-order chi connectivity index (χ0) is 18.5. The van der Waals surface area contributed by atoms with E-state index in [-0.39, 0.29) is 17.6 Å². The van der Waals surface area contributed by atoms with Crippen molar-refractivity contribution < 1.29 is 9.59 Å². The highest BCUT2D eigenvalue weighted by atomic mass is 35.5. The lowest BCUT2D eigenvalue weighted by Gasteiger charge is -2.32. The van der Waals surface area contributed by atoms with E-state index in [0.717, 1.165) is 37.5 Å². The molecule has 1 fully saturated rings. The van der Waals surface area contributed by atoms with Crippen molar-refractivity contribution in [2.75, 3.05) is 18.4 Å². The second-order valence-corrected chi connectivity index (χ2v) is 7.26. The minimum atomic E-state index is -0.0444. The van der Waals surface area contributed by atoms with E-state index in [0.29, 0.717) is 11.3 Å². The number of nitrogens with zero attached hydrogens (tertiary/aromatic N) is 1. The van der Waals surface area contributed by atoms with Gasteiger partial charge in [0.05, 0.1) is 5.92 Å². The highest BCUT2D eigenvalue weighted by Crippen LogP contribution is 2.21. The summed E-state index contributed by atoms with van der Waals surface area (Å²) in [6.07, 6.45) is 1.88. The van der Waals surface area contributed by atoms with E-state index in [4.69, 9.17) is 11.6 Å². The Labute approximate surface area is 159 Å². The Hall–Kier alpha value is -2.17. The lowest BCUT2D eigenvalue weighted by Crippen LogP contribution is -2.40. The molecule has 1 heterocycles. The smallest absolute Gasteiger partial charge is 0.228 e. The molecule has 5 heteroatoms. The number of carbonyl (C=O) groups excluding carboxylic acids is 2. The fraction of sp³-hybridized carbons (Fsp3) is 0.333. The molecule has 3 rings (SSSR count). The normalized spacial score (nSPS) is 17.7. The Morgan fingerprint density at radius 3 is 2.69 bits per heavy atom. The van der Waals surface area contributed by atoms with E-state index in [2.05, 4.69) is 10.2 Å². The van der Waals surface area contributed by atoms with Crippen LogP contribution in [0, 0.1) is 5.92 Å². The summed E-state index contributed by atoms with van der Waals surface area (Å²) in [6, 6.07) is 14.9. The van der Waals surface area contributed by atoms with Gasteiger partial charge < -0.3 is 5.32 Å². The Morgan fingerprint density at radius 1 is 1.19 bits per heavy atom. The van der Waals surface area contributed by atoms with Crippen LogP contribution in [0.1, 0.15) is 35.7 Å². The summed E-state index contributed by atoms with van der Waals surface area (Å²) >= 11 is 5.94. The summed E-state index contributed by atoms with van der Waals surface area (Å²) in [5.41, 5.74) is 2.48. The topological polar surface area (TPSA) is 49.4 Å². The van der Waals surface area contributed by atoms with Crippen molar-refractivity contribution in [2.24, 2.45) is 5.92 Å². The number of benzene rings is 2. The molecule has 26 heavy (non-hydrogen) atoms. The maximum Gasteiger partial charge on any atom is 0.228 e. The Kier molecular flexibility index (Phi) is 6.07. The highest BCUT2D eigenvalue weighted by molar-refractivity contribution is 6.30. The average Bonchev–Trinajstić information content (AvgIpc) is 2.64. The first kappa shape index (κ1) is 18.6. The van der Waals surface area contributed by atoms with E-state index in [1.54, 1.807) is 18.2 Å². The number of Topliss-reactive ketones (excluding diaryl/α,β-unsaturated/α-hetero) is 1. The van der Waals surface area contributed by atoms with Gasteiger partial charge in [-0.15, -0.1) is 0 Å². The van der Waals surface area contributed by atoms with Crippen molar-refractivity contribution in [3.8, 4) is 0 Å². The van der Waals surface area contributed by atoms with Crippen LogP contribution in [-0.4, -0.2) is 29.7 Å². The molecule has 0 saturated carbocycles. The number of carbonyl (C=O) groups is 2. The second-order valence-electron chi connectivity index (χ2n) is 6.83. The van der Waals surface area contributed by atoms with Crippen LogP contribution in [0.5, 0.6) is 0 Å². The van der Waals surface area contributed by atoms with Gasteiger partial charge >= 0.3 is 0 Å². The zero-order valence-electron chi connectivity index (χ0n) is 14.9. The van der Waals surface area contributed by atoms with Crippen LogP contribution in [0.25, 0.3) is 0 Å². The van der Waals surface area contributed by atoms with Gasteiger partial charge in [-0.05, 0) is 56.1 Å². The highest BCUT2D eigenvalue weighted by Gasteiger charge is 2.26.